The minimum atomic E-state index is -4.53. The quantitative estimate of drug-likeness (QED) is 0.910. The van der Waals surface area contributed by atoms with E-state index in [0.29, 0.717) is 0 Å². The number of aliphatic carboxylic acids is 1. The summed E-state index contributed by atoms with van der Waals surface area (Å²) in [6, 6.07) is 4.10. The first-order valence-electron chi connectivity index (χ1n) is 6.36. The zero-order chi connectivity index (χ0) is 16.2. The van der Waals surface area contributed by atoms with Crippen LogP contribution in [0.5, 0.6) is 0 Å². The zero-order valence-electron chi connectivity index (χ0n) is 11.6. The number of amides is 1. The van der Waals surface area contributed by atoms with Crippen molar-refractivity contribution in [2.45, 2.75) is 20.0 Å². The van der Waals surface area contributed by atoms with Crippen LogP contribution < -0.4 is 0 Å². The molecule has 1 rings (SSSR count). The Kier molecular flexibility index (Phi) is 5.34. The molecule has 1 amide bonds. The Labute approximate surface area is 120 Å². The van der Waals surface area contributed by atoms with E-state index in [1.54, 1.807) is 6.92 Å². The van der Waals surface area contributed by atoms with E-state index in [4.69, 9.17) is 5.11 Å². The van der Waals surface area contributed by atoms with Crippen LogP contribution in [0.25, 0.3) is 0 Å². The molecule has 0 aliphatic carbocycles. The largest absolute Gasteiger partial charge is 0.481 e. The fourth-order valence-electron chi connectivity index (χ4n) is 1.78. The number of alkyl halides is 3. The SMILES string of the molecule is CCN(CC(C)C(=O)O)C(=O)c1cccc(C(F)(F)F)c1. The average molecular weight is 303 g/mol. The molecule has 1 atom stereocenters. The van der Waals surface area contributed by atoms with Crippen LogP contribution in [0, 0.1) is 5.92 Å². The molecule has 0 saturated heterocycles. The molecule has 21 heavy (non-hydrogen) atoms. The van der Waals surface area contributed by atoms with Crippen LogP contribution in [-0.4, -0.2) is 35.0 Å². The summed E-state index contributed by atoms with van der Waals surface area (Å²) < 4.78 is 37.9. The lowest BCUT2D eigenvalue weighted by Gasteiger charge is -2.23. The summed E-state index contributed by atoms with van der Waals surface area (Å²) in [4.78, 5) is 24.2. The van der Waals surface area contributed by atoms with Gasteiger partial charge in [0.25, 0.3) is 5.91 Å². The van der Waals surface area contributed by atoms with Gasteiger partial charge in [0.1, 0.15) is 0 Å². The molecule has 4 nitrogen and oxygen atoms in total. The molecule has 0 aliphatic rings. The van der Waals surface area contributed by atoms with Crippen molar-refractivity contribution >= 4 is 11.9 Å². The van der Waals surface area contributed by atoms with Crippen molar-refractivity contribution in [1.82, 2.24) is 4.90 Å². The molecule has 1 aromatic carbocycles. The van der Waals surface area contributed by atoms with Gasteiger partial charge in [0.05, 0.1) is 11.5 Å². The Hall–Kier alpha value is -2.05. The Bertz CT molecular complexity index is 528. The summed E-state index contributed by atoms with van der Waals surface area (Å²) in [7, 11) is 0. The van der Waals surface area contributed by atoms with Gasteiger partial charge in [0.2, 0.25) is 0 Å². The zero-order valence-corrected chi connectivity index (χ0v) is 11.6. The van der Waals surface area contributed by atoms with Crippen LogP contribution in [0.2, 0.25) is 0 Å². The van der Waals surface area contributed by atoms with E-state index >= 15 is 0 Å². The van der Waals surface area contributed by atoms with Crippen molar-refractivity contribution in [3.05, 3.63) is 35.4 Å². The normalized spacial score (nSPS) is 12.8. The number of carbonyl (C=O) groups is 2. The van der Waals surface area contributed by atoms with E-state index in [0.717, 1.165) is 18.2 Å². The lowest BCUT2D eigenvalue weighted by atomic mass is 10.1. The monoisotopic (exact) mass is 303 g/mol. The van der Waals surface area contributed by atoms with E-state index in [2.05, 4.69) is 0 Å². The van der Waals surface area contributed by atoms with E-state index in [-0.39, 0.29) is 18.7 Å². The number of carboxylic acids is 1. The number of rotatable bonds is 5. The molecule has 0 bridgehead atoms. The standard InChI is InChI=1S/C14H16F3NO3/c1-3-18(8-9(2)13(20)21)12(19)10-5-4-6-11(7-10)14(15,16)17/h4-7,9H,3,8H2,1-2H3,(H,20,21). The fraction of sp³-hybridized carbons (Fsp3) is 0.429. The highest BCUT2D eigenvalue weighted by molar-refractivity contribution is 5.94. The molecule has 1 aromatic rings. The predicted molar refractivity (Wildman–Crippen MR) is 69.8 cm³/mol. The molecule has 0 aliphatic heterocycles. The molecule has 1 N–H and O–H groups in total. The maximum absolute atomic E-state index is 12.6. The van der Waals surface area contributed by atoms with Gasteiger partial charge >= 0.3 is 12.1 Å². The van der Waals surface area contributed by atoms with Crippen LogP contribution in [0.4, 0.5) is 13.2 Å². The Morgan fingerprint density at radius 1 is 1.33 bits per heavy atom. The van der Waals surface area contributed by atoms with E-state index in [9.17, 15) is 22.8 Å². The number of benzene rings is 1. The van der Waals surface area contributed by atoms with Crippen LogP contribution >= 0.6 is 0 Å². The highest BCUT2D eigenvalue weighted by atomic mass is 19.4. The van der Waals surface area contributed by atoms with Gasteiger partial charge in [-0.15, -0.1) is 0 Å². The molecule has 0 fully saturated rings. The number of nitrogens with zero attached hydrogens (tertiary/aromatic N) is 1. The van der Waals surface area contributed by atoms with E-state index < -0.39 is 29.5 Å². The Morgan fingerprint density at radius 2 is 1.95 bits per heavy atom. The summed E-state index contributed by atoms with van der Waals surface area (Å²) in [6.07, 6.45) is -4.53. The van der Waals surface area contributed by atoms with Crippen LogP contribution in [-0.2, 0) is 11.0 Å². The van der Waals surface area contributed by atoms with Crippen molar-refractivity contribution in [2.75, 3.05) is 13.1 Å². The van der Waals surface area contributed by atoms with Crippen molar-refractivity contribution < 1.29 is 27.9 Å². The summed E-state index contributed by atoms with van der Waals surface area (Å²) in [6.45, 7) is 3.23. The van der Waals surface area contributed by atoms with Gasteiger partial charge in [-0.2, -0.15) is 13.2 Å². The molecule has 7 heteroatoms. The van der Waals surface area contributed by atoms with Crippen molar-refractivity contribution in [3.8, 4) is 0 Å². The molecule has 0 spiro atoms. The first-order chi connectivity index (χ1) is 9.66. The topological polar surface area (TPSA) is 57.6 Å². The second-order valence-corrected chi connectivity index (χ2v) is 4.66. The highest BCUT2D eigenvalue weighted by Crippen LogP contribution is 2.29. The lowest BCUT2D eigenvalue weighted by molar-refractivity contribution is -0.141. The third-order valence-electron chi connectivity index (χ3n) is 3.02. The van der Waals surface area contributed by atoms with Crippen molar-refractivity contribution in [2.24, 2.45) is 5.92 Å². The summed E-state index contributed by atoms with van der Waals surface area (Å²) in [5.74, 6) is -2.47. The maximum atomic E-state index is 12.6. The fourth-order valence-corrected chi connectivity index (χ4v) is 1.78. The van der Waals surface area contributed by atoms with Crippen LogP contribution in [0.3, 0.4) is 0 Å². The Balaban J connectivity index is 2.98. The summed E-state index contributed by atoms with van der Waals surface area (Å²) >= 11 is 0. The number of halogens is 3. The van der Waals surface area contributed by atoms with Gasteiger partial charge in [-0.3, -0.25) is 9.59 Å². The molecule has 0 heterocycles. The maximum Gasteiger partial charge on any atom is 0.416 e. The molecular formula is C14H16F3NO3. The number of hydrogen-bond donors (Lipinski definition) is 1. The van der Waals surface area contributed by atoms with Gasteiger partial charge in [-0.1, -0.05) is 13.0 Å². The molecule has 1 unspecified atom stereocenters. The third kappa shape index (κ3) is 4.47. The van der Waals surface area contributed by atoms with Crippen LogP contribution in [0.1, 0.15) is 29.8 Å². The summed E-state index contributed by atoms with van der Waals surface area (Å²) in [5, 5.41) is 8.84. The van der Waals surface area contributed by atoms with Crippen LogP contribution in [0.15, 0.2) is 24.3 Å². The Morgan fingerprint density at radius 3 is 2.43 bits per heavy atom. The predicted octanol–water partition coefficient (Wildman–Crippen LogP) is 2.89. The average Bonchev–Trinajstić information content (AvgIpc) is 2.42. The molecule has 116 valence electrons. The minimum absolute atomic E-state index is 0.0547. The molecule has 0 saturated carbocycles. The number of carboxylic acid groups (broad SMARTS) is 1. The number of carbonyl (C=O) groups excluding carboxylic acids is 1. The first kappa shape index (κ1) is 17.0. The lowest BCUT2D eigenvalue weighted by Crippen LogP contribution is -2.36. The first-order valence-corrected chi connectivity index (χ1v) is 6.36. The van der Waals surface area contributed by atoms with Crippen molar-refractivity contribution in [3.63, 3.8) is 0 Å². The van der Waals surface area contributed by atoms with Gasteiger partial charge in [-0.05, 0) is 25.1 Å². The molecule has 0 aromatic heterocycles. The smallest absolute Gasteiger partial charge is 0.416 e. The van der Waals surface area contributed by atoms with Gasteiger partial charge < -0.3 is 10.0 Å². The number of hydrogen-bond acceptors (Lipinski definition) is 2. The van der Waals surface area contributed by atoms with Gasteiger partial charge in [-0.25, -0.2) is 0 Å². The minimum Gasteiger partial charge on any atom is -0.481 e. The summed E-state index contributed by atoms with van der Waals surface area (Å²) in [5.41, 5.74) is -1.01. The van der Waals surface area contributed by atoms with Crippen molar-refractivity contribution in [1.29, 1.82) is 0 Å². The second-order valence-electron chi connectivity index (χ2n) is 4.66. The molecular weight excluding hydrogens is 287 g/mol. The second kappa shape index (κ2) is 6.60. The van der Waals surface area contributed by atoms with E-state index in [1.165, 1.54) is 17.9 Å². The van der Waals surface area contributed by atoms with Gasteiger partial charge in [0.15, 0.2) is 0 Å². The third-order valence-corrected chi connectivity index (χ3v) is 3.02. The highest BCUT2D eigenvalue weighted by Gasteiger charge is 2.31. The van der Waals surface area contributed by atoms with E-state index in [1.807, 2.05) is 0 Å². The van der Waals surface area contributed by atoms with Gasteiger partial charge in [0, 0.05) is 18.7 Å². The molecule has 0 radical (unpaired) electrons.